The van der Waals surface area contributed by atoms with Crippen LogP contribution in [0.5, 0.6) is 0 Å². The number of carbonyl (C=O) groups excluding carboxylic acids is 1. The lowest BCUT2D eigenvalue weighted by molar-refractivity contribution is 0.0989. The number of anilines is 1. The predicted octanol–water partition coefficient (Wildman–Crippen LogP) is 3.51. The van der Waals surface area contributed by atoms with Crippen LogP contribution in [0.4, 0.5) is 10.1 Å². The van der Waals surface area contributed by atoms with Gasteiger partial charge in [0.25, 0.3) is 5.91 Å². The van der Waals surface area contributed by atoms with Crippen LogP contribution in [0.1, 0.15) is 21.5 Å². The molecule has 3 aromatic rings. The van der Waals surface area contributed by atoms with Crippen molar-refractivity contribution in [2.45, 2.75) is 17.9 Å². The van der Waals surface area contributed by atoms with Gasteiger partial charge in [-0.3, -0.25) is 4.79 Å². The molecule has 1 amide bonds. The molecule has 1 aliphatic rings. The van der Waals surface area contributed by atoms with Crippen LogP contribution in [0.3, 0.4) is 0 Å². The fraction of sp³-hybridized carbons (Fsp3) is 0.136. The monoisotopic (exact) mass is 410 g/mol. The average Bonchev–Trinajstić information content (AvgIpc) is 3.16. The number of nitrogens with one attached hydrogen (secondary N) is 1. The zero-order valence-electron chi connectivity index (χ0n) is 15.5. The molecule has 4 rings (SSSR count). The van der Waals surface area contributed by atoms with Gasteiger partial charge in [0, 0.05) is 24.3 Å². The Bertz CT molecular complexity index is 1160. The second-order valence-electron chi connectivity index (χ2n) is 6.79. The molecular formula is C22H19FN2O3S. The summed E-state index contributed by atoms with van der Waals surface area (Å²) in [6, 6.07) is 19.8. The highest BCUT2D eigenvalue weighted by Gasteiger charge is 2.26. The zero-order valence-corrected chi connectivity index (χ0v) is 16.3. The van der Waals surface area contributed by atoms with Crippen molar-refractivity contribution in [3.05, 3.63) is 95.3 Å². The van der Waals surface area contributed by atoms with Gasteiger partial charge in [-0.25, -0.2) is 17.5 Å². The van der Waals surface area contributed by atoms with Crippen LogP contribution in [-0.2, 0) is 23.0 Å². The van der Waals surface area contributed by atoms with Crippen molar-refractivity contribution in [3.63, 3.8) is 0 Å². The third-order valence-corrected chi connectivity index (χ3v) is 6.33. The molecule has 0 atom stereocenters. The lowest BCUT2D eigenvalue weighted by Gasteiger charge is -2.17. The van der Waals surface area contributed by atoms with Gasteiger partial charge in [-0.1, -0.05) is 42.5 Å². The van der Waals surface area contributed by atoms with E-state index < -0.39 is 15.8 Å². The molecule has 5 nitrogen and oxygen atoms in total. The summed E-state index contributed by atoms with van der Waals surface area (Å²) in [6.07, 6.45) is 0.696. The molecule has 0 spiro atoms. The summed E-state index contributed by atoms with van der Waals surface area (Å²) >= 11 is 0. The van der Waals surface area contributed by atoms with Gasteiger partial charge in [-0.05, 0) is 47.9 Å². The van der Waals surface area contributed by atoms with E-state index in [0.717, 1.165) is 22.9 Å². The van der Waals surface area contributed by atoms with Gasteiger partial charge < -0.3 is 4.90 Å². The van der Waals surface area contributed by atoms with Crippen LogP contribution >= 0.6 is 0 Å². The van der Waals surface area contributed by atoms with Crippen molar-refractivity contribution < 1.29 is 17.6 Å². The smallest absolute Gasteiger partial charge is 0.258 e. The van der Waals surface area contributed by atoms with Crippen LogP contribution in [-0.4, -0.2) is 20.9 Å². The summed E-state index contributed by atoms with van der Waals surface area (Å²) in [5, 5.41) is 0. The predicted molar refractivity (Wildman–Crippen MR) is 109 cm³/mol. The summed E-state index contributed by atoms with van der Waals surface area (Å²) in [5.74, 6) is -0.846. The van der Waals surface area contributed by atoms with Crippen molar-refractivity contribution in [2.75, 3.05) is 11.4 Å². The SMILES string of the molecule is O=C(c1ccccc1)N1CCc2cc(CNS(=O)(=O)c3ccccc3F)ccc21. The van der Waals surface area contributed by atoms with E-state index in [1.54, 1.807) is 23.1 Å². The summed E-state index contributed by atoms with van der Waals surface area (Å²) in [7, 11) is -3.95. The van der Waals surface area contributed by atoms with E-state index in [1.807, 2.05) is 30.3 Å². The molecule has 0 fully saturated rings. The van der Waals surface area contributed by atoms with Gasteiger partial charge in [-0.15, -0.1) is 0 Å². The van der Waals surface area contributed by atoms with Crippen LogP contribution in [0.25, 0.3) is 0 Å². The average molecular weight is 410 g/mol. The molecule has 0 saturated heterocycles. The van der Waals surface area contributed by atoms with E-state index in [9.17, 15) is 17.6 Å². The van der Waals surface area contributed by atoms with E-state index in [1.165, 1.54) is 18.2 Å². The summed E-state index contributed by atoms with van der Waals surface area (Å²) < 4.78 is 40.9. The number of nitrogens with zero attached hydrogens (tertiary/aromatic N) is 1. The Hall–Kier alpha value is -3.03. The molecule has 0 saturated carbocycles. The number of sulfonamides is 1. The summed E-state index contributed by atoms with van der Waals surface area (Å²) in [6.45, 7) is 0.615. The Morgan fingerprint density at radius 2 is 1.72 bits per heavy atom. The number of rotatable bonds is 5. The van der Waals surface area contributed by atoms with Crippen molar-refractivity contribution in [2.24, 2.45) is 0 Å². The first-order valence-corrected chi connectivity index (χ1v) is 10.7. The lowest BCUT2D eigenvalue weighted by Crippen LogP contribution is -2.28. The molecular weight excluding hydrogens is 391 g/mol. The van der Waals surface area contributed by atoms with Gasteiger partial charge in [0.05, 0.1) is 0 Å². The van der Waals surface area contributed by atoms with Gasteiger partial charge in [-0.2, -0.15) is 0 Å². The standard InChI is InChI=1S/C22H19FN2O3S/c23-19-8-4-5-9-21(19)29(27,28)24-15-16-10-11-20-18(14-16)12-13-25(20)22(26)17-6-2-1-3-7-17/h1-11,14,24H,12-13,15H2. The Labute approximate surface area is 168 Å². The second-order valence-corrected chi connectivity index (χ2v) is 8.53. The third kappa shape index (κ3) is 3.92. The highest BCUT2D eigenvalue weighted by atomic mass is 32.2. The third-order valence-electron chi connectivity index (χ3n) is 4.90. The first-order chi connectivity index (χ1) is 14.0. The molecule has 0 radical (unpaired) electrons. The van der Waals surface area contributed by atoms with Gasteiger partial charge in [0.15, 0.2) is 0 Å². The Balaban J connectivity index is 1.50. The Morgan fingerprint density at radius 1 is 1.00 bits per heavy atom. The molecule has 29 heavy (non-hydrogen) atoms. The van der Waals surface area contributed by atoms with Crippen LogP contribution in [0, 0.1) is 5.82 Å². The number of hydrogen-bond acceptors (Lipinski definition) is 3. The lowest BCUT2D eigenvalue weighted by atomic mass is 10.1. The molecule has 0 unspecified atom stereocenters. The summed E-state index contributed by atoms with van der Waals surface area (Å²) in [4.78, 5) is 14.1. The number of halogens is 1. The minimum absolute atomic E-state index is 0.0383. The number of hydrogen-bond donors (Lipinski definition) is 1. The Morgan fingerprint density at radius 3 is 2.48 bits per heavy atom. The summed E-state index contributed by atoms with van der Waals surface area (Å²) in [5.41, 5.74) is 3.19. The highest BCUT2D eigenvalue weighted by molar-refractivity contribution is 7.89. The molecule has 1 N–H and O–H groups in total. The fourth-order valence-electron chi connectivity index (χ4n) is 3.43. The fourth-order valence-corrected chi connectivity index (χ4v) is 4.53. The van der Waals surface area contributed by atoms with Crippen LogP contribution in [0.15, 0.2) is 77.7 Å². The molecule has 0 bridgehead atoms. The largest absolute Gasteiger partial charge is 0.308 e. The van der Waals surface area contributed by atoms with Crippen molar-refractivity contribution in [1.82, 2.24) is 4.72 Å². The molecule has 0 aromatic heterocycles. The van der Waals surface area contributed by atoms with Crippen molar-refractivity contribution >= 4 is 21.6 Å². The first kappa shape index (κ1) is 19.3. The van der Waals surface area contributed by atoms with E-state index in [-0.39, 0.29) is 17.3 Å². The maximum absolute atomic E-state index is 13.8. The van der Waals surface area contributed by atoms with E-state index in [2.05, 4.69) is 4.72 Å². The van der Waals surface area contributed by atoms with Gasteiger partial charge >= 0.3 is 0 Å². The Kier molecular flexibility index (Phi) is 5.17. The quantitative estimate of drug-likeness (QED) is 0.700. The number of amides is 1. The molecule has 3 aromatic carbocycles. The van der Waals surface area contributed by atoms with Gasteiger partial charge in [0.1, 0.15) is 10.7 Å². The van der Waals surface area contributed by atoms with E-state index in [0.29, 0.717) is 18.5 Å². The first-order valence-electron chi connectivity index (χ1n) is 9.18. The maximum Gasteiger partial charge on any atom is 0.258 e. The van der Waals surface area contributed by atoms with Gasteiger partial charge in [0.2, 0.25) is 10.0 Å². The van der Waals surface area contributed by atoms with E-state index >= 15 is 0 Å². The molecule has 0 aliphatic carbocycles. The zero-order chi connectivity index (χ0) is 20.4. The van der Waals surface area contributed by atoms with Crippen molar-refractivity contribution in [3.8, 4) is 0 Å². The molecule has 148 valence electrons. The maximum atomic E-state index is 13.8. The minimum atomic E-state index is -3.95. The van der Waals surface area contributed by atoms with Crippen LogP contribution in [0.2, 0.25) is 0 Å². The van der Waals surface area contributed by atoms with E-state index in [4.69, 9.17) is 0 Å². The number of benzene rings is 3. The second kappa shape index (κ2) is 7.77. The normalized spacial score (nSPS) is 13.3. The highest BCUT2D eigenvalue weighted by Crippen LogP contribution is 2.30. The molecule has 7 heteroatoms. The molecule has 1 heterocycles. The minimum Gasteiger partial charge on any atom is -0.308 e. The topological polar surface area (TPSA) is 66.5 Å². The van der Waals surface area contributed by atoms with Crippen LogP contribution < -0.4 is 9.62 Å². The van der Waals surface area contributed by atoms with Crippen molar-refractivity contribution in [1.29, 1.82) is 0 Å². The molecule has 1 aliphatic heterocycles. The number of fused-ring (bicyclic) bond motifs is 1. The number of carbonyl (C=O) groups is 1.